The molecule has 2 aromatic carbocycles. The van der Waals surface area contributed by atoms with Crippen molar-refractivity contribution >= 4 is 21.8 Å². The van der Waals surface area contributed by atoms with Gasteiger partial charge in [-0.05, 0) is 30.2 Å². The molecule has 5 heteroatoms. The van der Waals surface area contributed by atoms with Gasteiger partial charge in [-0.1, -0.05) is 46.3 Å². The highest BCUT2D eigenvalue weighted by atomic mass is 79.9. The average Bonchev–Trinajstić information content (AvgIpc) is 2.57. The number of benzene rings is 2. The lowest BCUT2D eigenvalue weighted by Gasteiger charge is -2.14. The Labute approximate surface area is 151 Å². The Morgan fingerprint density at radius 2 is 1.88 bits per heavy atom. The molecule has 0 aliphatic heterocycles. The number of methoxy groups -OCH3 is 1. The van der Waals surface area contributed by atoms with Gasteiger partial charge in [0.1, 0.15) is 12.3 Å². The largest absolute Gasteiger partial charge is 0.496 e. The molecule has 0 spiro atoms. The molecule has 0 saturated heterocycles. The number of hydrogen-bond donors (Lipinski definition) is 2. The third kappa shape index (κ3) is 5.98. The van der Waals surface area contributed by atoms with Crippen LogP contribution < -0.4 is 15.0 Å². The van der Waals surface area contributed by atoms with Crippen LogP contribution in [-0.2, 0) is 17.8 Å². The molecule has 24 heavy (non-hydrogen) atoms. The molecule has 0 saturated carbocycles. The number of hydrogen-bond acceptors (Lipinski definition) is 2. The van der Waals surface area contributed by atoms with E-state index in [1.165, 1.54) is 5.56 Å². The zero-order chi connectivity index (χ0) is 17.4. The fraction of sp³-hybridized carbons (Fsp3) is 0.316. The Balaban J connectivity index is 1.73. The van der Waals surface area contributed by atoms with Crippen molar-refractivity contribution in [1.82, 2.24) is 5.32 Å². The predicted molar refractivity (Wildman–Crippen MR) is 99.3 cm³/mol. The van der Waals surface area contributed by atoms with Crippen LogP contribution in [0.1, 0.15) is 11.1 Å². The summed E-state index contributed by atoms with van der Waals surface area (Å²) in [5.74, 6) is 0.934. The van der Waals surface area contributed by atoms with E-state index >= 15 is 0 Å². The fourth-order valence-electron chi connectivity index (χ4n) is 2.60. The van der Waals surface area contributed by atoms with Crippen LogP contribution in [0.5, 0.6) is 5.75 Å². The van der Waals surface area contributed by atoms with E-state index in [9.17, 15) is 4.79 Å². The Bertz CT molecular complexity index is 659. The summed E-state index contributed by atoms with van der Waals surface area (Å²) in [5.41, 5.74) is 2.33. The van der Waals surface area contributed by atoms with Crippen molar-refractivity contribution in [3.05, 3.63) is 64.1 Å². The molecule has 0 heterocycles. The van der Waals surface area contributed by atoms with E-state index < -0.39 is 0 Å². The van der Waals surface area contributed by atoms with Crippen LogP contribution in [0.4, 0.5) is 0 Å². The molecular formula is C19H24BrN2O2+. The van der Waals surface area contributed by atoms with Crippen LogP contribution in [0.2, 0.25) is 0 Å². The summed E-state index contributed by atoms with van der Waals surface area (Å²) in [6.45, 7) is 1.90. The van der Waals surface area contributed by atoms with E-state index in [4.69, 9.17) is 4.74 Å². The Kier molecular flexibility index (Phi) is 7.28. The highest BCUT2D eigenvalue weighted by Gasteiger charge is 2.10. The minimum Gasteiger partial charge on any atom is -0.496 e. The van der Waals surface area contributed by atoms with Crippen LogP contribution in [0, 0.1) is 0 Å². The Hall–Kier alpha value is -1.85. The van der Waals surface area contributed by atoms with Gasteiger partial charge in [0.05, 0.1) is 14.2 Å². The van der Waals surface area contributed by atoms with Gasteiger partial charge in [-0.25, -0.2) is 0 Å². The molecule has 1 atom stereocenters. The second-order valence-corrected chi connectivity index (χ2v) is 6.76. The van der Waals surface area contributed by atoms with Crippen molar-refractivity contribution < 1.29 is 14.4 Å². The molecular weight excluding hydrogens is 368 g/mol. The summed E-state index contributed by atoms with van der Waals surface area (Å²) < 4.78 is 6.39. The van der Waals surface area contributed by atoms with Crippen LogP contribution in [0.3, 0.4) is 0 Å². The highest BCUT2D eigenvalue weighted by molar-refractivity contribution is 9.10. The van der Waals surface area contributed by atoms with Gasteiger partial charge in [-0.2, -0.15) is 0 Å². The monoisotopic (exact) mass is 391 g/mol. The predicted octanol–water partition coefficient (Wildman–Crippen LogP) is 1.83. The van der Waals surface area contributed by atoms with Crippen molar-refractivity contribution in [3.63, 3.8) is 0 Å². The quantitative estimate of drug-likeness (QED) is 0.720. The van der Waals surface area contributed by atoms with Crippen molar-refractivity contribution in [2.45, 2.75) is 13.0 Å². The molecule has 0 aliphatic carbocycles. The number of carbonyl (C=O) groups excluding carboxylic acids is 1. The Morgan fingerprint density at radius 1 is 1.17 bits per heavy atom. The first kappa shape index (κ1) is 18.5. The van der Waals surface area contributed by atoms with Gasteiger partial charge in [0.2, 0.25) is 0 Å². The number of amides is 1. The summed E-state index contributed by atoms with van der Waals surface area (Å²) >= 11 is 3.43. The van der Waals surface area contributed by atoms with Crippen LogP contribution in [0.25, 0.3) is 0 Å². The SMILES string of the molecule is COc1ccccc1CCNC(=O)C[NH+](C)Cc1ccc(Br)cc1. The zero-order valence-corrected chi connectivity index (χ0v) is 15.7. The van der Waals surface area contributed by atoms with Gasteiger partial charge in [0.15, 0.2) is 6.54 Å². The van der Waals surface area contributed by atoms with Gasteiger partial charge in [-0.15, -0.1) is 0 Å². The summed E-state index contributed by atoms with van der Waals surface area (Å²) in [4.78, 5) is 13.2. The zero-order valence-electron chi connectivity index (χ0n) is 14.1. The van der Waals surface area contributed by atoms with E-state index in [2.05, 4.69) is 33.4 Å². The van der Waals surface area contributed by atoms with Crippen molar-refractivity contribution in [3.8, 4) is 5.75 Å². The second kappa shape index (κ2) is 9.45. The third-order valence-electron chi connectivity index (χ3n) is 3.79. The van der Waals surface area contributed by atoms with Gasteiger partial charge in [-0.3, -0.25) is 4.79 Å². The maximum Gasteiger partial charge on any atom is 0.275 e. The summed E-state index contributed by atoms with van der Waals surface area (Å²) in [6.07, 6.45) is 0.765. The minimum absolute atomic E-state index is 0.0690. The van der Waals surface area contributed by atoms with Crippen LogP contribution in [0.15, 0.2) is 53.0 Å². The number of ether oxygens (including phenoxy) is 1. The van der Waals surface area contributed by atoms with Gasteiger partial charge >= 0.3 is 0 Å². The molecule has 1 amide bonds. The van der Waals surface area contributed by atoms with Crippen molar-refractivity contribution in [2.75, 3.05) is 27.2 Å². The lowest BCUT2D eigenvalue weighted by molar-refractivity contribution is -0.885. The topological polar surface area (TPSA) is 42.8 Å². The maximum atomic E-state index is 12.1. The smallest absolute Gasteiger partial charge is 0.275 e. The van der Waals surface area contributed by atoms with Crippen LogP contribution >= 0.6 is 15.9 Å². The normalized spacial score (nSPS) is 11.8. The number of para-hydroxylation sites is 1. The maximum absolute atomic E-state index is 12.1. The molecule has 2 rings (SSSR count). The average molecular weight is 392 g/mol. The number of carbonyl (C=O) groups is 1. The summed E-state index contributed by atoms with van der Waals surface area (Å²) in [5, 5.41) is 2.99. The number of halogens is 1. The van der Waals surface area contributed by atoms with Gasteiger partial charge < -0.3 is 15.0 Å². The van der Waals surface area contributed by atoms with Crippen molar-refractivity contribution in [2.24, 2.45) is 0 Å². The van der Waals surface area contributed by atoms with E-state index in [1.807, 2.05) is 43.4 Å². The second-order valence-electron chi connectivity index (χ2n) is 5.85. The molecule has 4 nitrogen and oxygen atoms in total. The van der Waals surface area contributed by atoms with Crippen molar-refractivity contribution in [1.29, 1.82) is 0 Å². The number of likely N-dealkylation sites (N-methyl/N-ethyl adjacent to an activating group) is 1. The minimum atomic E-state index is 0.0690. The molecule has 1 unspecified atom stereocenters. The fourth-order valence-corrected chi connectivity index (χ4v) is 2.86. The molecule has 0 aromatic heterocycles. The first-order valence-electron chi connectivity index (χ1n) is 8.03. The van der Waals surface area contributed by atoms with E-state index in [0.717, 1.165) is 33.7 Å². The Morgan fingerprint density at radius 3 is 2.58 bits per heavy atom. The highest BCUT2D eigenvalue weighted by Crippen LogP contribution is 2.17. The van der Waals surface area contributed by atoms with E-state index in [-0.39, 0.29) is 5.91 Å². The molecule has 2 aromatic rings. The molecule has 2 N–H and O–H groups in total. The lowest BCUT2D eigenvalue weighted by atomic mass is 10.1. The first-order valence-corrected chi connectivity index (χ1v) is 8.82. The van der Waals surface area contributed by atoms with Gasteiger partial charge in [0.25, 0.3) is 5.91 Å². The summed E-state index contributed by atoms with van der Waals surface area (Å²) in [6, 6.07) is 16.1. The third-order valence-corrected chi connectivity index (χ3v) is 4.32. The first-order chi connectivity index (χ1) is 11.6. The molecule has 128 valence electrons. The molecule has 0 radical (unpaired) electrons. The number of nitrogens with one attached hydrogen (secondary N) is 2. The van der Waals surface area contributed by atoms with Crippen LogP contribution in [-0.4, -0.2) is 33.2 Å². The number of rotatable bonds is 8. The molecule has 0 fully saturated rings. The van der Waals surface area contributed by atoms with E-state index in [1.54, 1.807) is 7.11 Å². The molecule has 0 aliphatic rings. The number of quaternary nitrogens is 1. The van der Waals surface area contributed by atoms with Gasteiger partial charge in [0, 0.05) is 16.6 Å². The lowest BCUT2D eigenvalue weighted by Crippen LogP contribution is -3.08. The standard InChI is InChI=1S/C19H23BrN2O2/c1-22(13-15-7-9-17(20)10-8-15)14-19(23)21-12-11-16-5-3-4-6-18(16)24-2/h3-10H,11-14H2,1-2H3,(H,21,23)/p+1. The summed E-state index contributed by atoms with van der Waals surface area (Å²) in [7, 11) is 3.69. The molecule has 0 bridgehead atoms. The van der Waals surface area contributed by atoms with E-state index in [0.29, 0.717) is 13.1 Å².